The summed E-state index contributed by atoms with van der Waals surface area (Å²) in [7, 11) is 4.06. The van der Waals surface area contributed by atoms with E-state index in [1.807, 2.05) is 28.8 Å². The number of hydrogen-bond acceptors (Lipinski definition) is 4. The van der Waals surface area contributed by atoms with Crippen LogP contribution in [-0.2, 0) is 19.6 Å². The molecule has 0 unspecified atom stereocenters. The van der Waals surface area contributed by atoms with Gasteiger partial charge in [-0.25, -0.2) is 0 Å². The first-order valence-electron chi connectivity index (χ1n) is 11.2. The third-order valence-corrected chi connectivity index (χ3v) is 6.20. The third-order valence-electron chi connectivity index (χ3n) is 6.20. The van der Waals surface area contributed by atoms with Gasteiger partial charge in [-0.3, -0.25) is 14.3 Å². The van der Waals surface area contributed by atoms with E-state index in [1.165, 1.54) is 43.2 Å². The summed E-state index contributed by atoms with van der Waals surface area (Å²) in [6, 6.07) is 15.3. The third kappa shape index (κ3) is 6.19. The molecule has 0 aliphatic heterocycles. The van der Waals surface area contributed by atoms with Crippen LogP contribution in [0.5, 0.6) is 0 Å². The van der Waals surface area contributed by atoms with Gasteiger partial charge in [0.1, 0.15) is 0 Å². The average Bonchev–Trinajstić information content (AvgIpc) is 3.24. The highest BCUT2D eigenvalue weighted by Gasteiger charge is 2.18. The average molecular weight is 547 g/mol. The number of fused-ring (bicyclic) bond motifs is 1. The fourth-order valence-electron chi connectivity index (χ4n) is 4.38. The maximum atomic E-state index is 4.37. The van der Waals surface area contributed by atoms with Crippen molar-refractivity contribution in [2.75, 3.05) is 14.1 Å². The van der Waals surface area contributed by atoms with E-state index in [2.05, 4.69) is 62.0 Å². The topological polar surface area (TPSA) is 69.8 Å². The van der Waals surface area contributed by atoms with Crippen molar-refractivity contribution in [3.8, 4) is 0 Å². The van der Waals surface area contributed by atoms with Gasteiger partial charge in [-0.2, -0.15) is 0 Å². The second-order valence-electron chi connectivity index (χ2n) is 8.30. The summed E-state index contributed by atoms with van der Waals surface area (Å²) < 4.78 is 1.98. The number of rotatable bonds is 7. The van der Waals surface area contributed by atoms with Crippen LogP contribution >= 0.6 is 24.0 Å². The predicted octanol–water partition coefficient (Wildman–Crippen LogP) is 3.98. The maximum absolute atomic E-state index is 4.37. The van der Waals surface area contributed by atoms with E-state index in [-0.39, 0.29) is 24.0 Å². The Kier molecular flexibility index (Phi) is 9.28. The fraction of sp³-hybridized carbons (Fsp3) is 0.458. The minimum atomic E-state index is 0. The van der Waals surface area contributed by atoms with Crippen LogP contribution in [0.2, 0.25) is 0 Å². The van der Waals surface area contributed by atoms with Gasteiger partial charge in [-0.05, 0) is 43.1 Å². The fourth-order valence-corrected chi connectivity index (χ4v) is 4.38. The number of guanidine groups is 1. The van der Waals surface area contributed by atoms with Gasteiger partial charge in [0.2, 0.25) is 0 Å². The number of halogens is 1. The molecular weight excluding hydrogens is 513 g/mol. The first kappa shape index (κ1) is 24.4. The molecule has 1 fully saturated rings. The van der Waals surface area contributed by atoms with Gasteiger partial charge in [-0.1, -0.05) is 49.6 Å². The summed E-state index contributed by atoms with van der Waals surface area (Å²) in [5.74, 6) is 1.61. The molecule has 1 aliphatic rings. The second-order valence-corrected chi connectivity index (χ2v) is 8.30. The lowest BCUT2D eigenvalue weighted by molar-refractivity contribution is 0.184. The molecule has 1 aliphatic carbocycles. The largest absolute Gasteiger partial charge is 0.352 e. The van der Waals surface area contributed by atoms with Crippen LogP contribution in [0, 0.1) is 0 Å². The van der Waals surface area contributed by atoms with Crippen molar-refractivity contribution in [3.63, 3.8) is 0 Å². The highest BCUT2D eigenvalue weighted by molar-refractivity contribution is 14.0. The molecule has 4 rings (SSSR count). The van der Waals surface area contributed by atoms with Crippen LogP contribution < -0.4 is 10.6 Å². The molecule has 2 heterocycles. The summed E-state index contributed by atoms with van der Waals surface area (Å²) >= 11 is 0. The predicted molar refractivity (Wildman–Crippen MR) is 140 cm³/mol. The van der Waals surface area contributed by atoms with Crippen LogP contribution in [-0.4, -0.2) is 45.6 Å². The van der Waals surface area contributed by atoms with Crippen molar-refractivity contribution in [1.82, 2.24) is 30.1 Å². The molecule has 172 valence electrons. The van der Waals surface area contributed by atoms with E-state index in [9.17, 15) is 0 Å². The maximum Gasteiger partial charge on any atom is 0.191 e. The molecule has 0 radical (unpaired) electrons. The van der Waals surface area contributed by atoms with E-state index >= 15 is 0 Å². The zero-order valence-corrected chi connectivity index (χ0v) is 21.3. The SMILES string of the molecule is CN=C(NCc1ccccc1CN(C)C1CCCCC1)NCc1nnc2ccccn12.I. The van der Waals surface area contributed by atoms with Gasteiger partial charge < -0.3 is 10.6 Å². The van der Waals surface area contributed by atoms with Crippen LogP contribution in [0.15, 0.2) is 53.7 Å². The Morgan fingerprint density at radius 3 is 2.50 bits per heavy atom. The Balaban J connectivity index is 0.00000289. The standard InChI is InChI=1S/C24H33N7.HI/c1-25-24(27-17-23-29-28-22-14-8-9-15-31(22)23)26-16-19-10-6-7-11-20(19)18-30(2)21-12-4-3-5-13-21;/h6-11,14-15,21H,3-5,12-13,16-18H2,1-2H3,(H2,25,26,27);1H. The van der Waals surface area contributed by atoms with E-state index in [0.29, 0.717) is 12.6 Å². The number of aromatic nitrogens is 3. The molecule has 0 saturated heterocycles. The molecule has 0 spiro atoms. The van der Waals surface area contributed by atoms with Gasteiger partial charge >= 0.3 is 0 Å². The second kappa shape index (κ2) is 12.2. The van der Waals surface area contributed by atoms with Crippen molar-refractivity contribution in [2.24, 2.45) is 4.99 Å². The highest BCUT2D eigenvalue weighted by Crippen LogP contribution is 2.23. The number of hydrogen-bond donors (Lipinski definition) is 2. The summed E-state index contributed by atoms with van der Waals surface area (Å²) in [6.07, 6.45) is 8.74. The number of nitrogens with one attached hydrogen (secondary N) is 2. The smallest absolute Gasteiger partial charge is 0.191 e. The molecule has 32 heavy (non-hydrogen) atoms. The summed E-state index contributed by atoms with van der Waals surface area (Å²) in [4.78, 5) is 6.90. The summed E-state index contributed by atoms with van der Waals surface area (Å²) in [5.41, 5.74) is 3.53. The minimum Gasteiger partial charge on any atom is -0.352 e. The Labute approximate surface area is 207 Å². The normalized spacial score (nSPS) is 15.0. The zero-order chi connectivity index (χ0) is 21.5. The number of benzene rings is 1. The first-order chi connectivity index (χ1) is 15.2. The number of pyridine rings is 1. The molecule has 7 nitrogen and oxygen atoms in total. The van der Waals surface area contributed by atoms with Gasteiger partial charge in [0.15, 0.2) is 17.4 Å². The Bertz CT molecular complexity index is 1010. The van der Waals surface area contributed by atoms with E-state index in [1.54, 1.807) is 7.05 Å². The van der Waals surface area contributed by atoms with Gasteiger partial charge in [0.25, 0.3) is 0 Å². The zero-order valence-electron chi connectivity index (χ0n) is 19.0. The van der Waals surface area contributed by atoms with Gasteiger partial charge in [0.05, 0.1) is 6.54 Å². The van der Waals surface area contributed by atoms with Crippen molar-refractivity contribution < 1.29 is 0 Å². The lowest BCUT2D eigenvalue weighted by Crippen LogP contribution is -2.37. The lowest BCUT2D eigenvalue weighted by Gasteiger charge is -2.31. The number of aliphatic imine (C=N–C) groups is 1. The molecule has 2 N–H and O–H groups in total. The first-order valence-corrected chi connectivity index (χ1v) is 11.2. The van der Waals surface area contributed by atoms with Crippen molar-refractivity contribution in [3.05, 3.63) is 65.6 Å². The molecule has 1 saturated carbocycles. The quantitative estimate of drug-likeness (QED) is 0.266. The number of nitrogens with zero attached hydrogens (tertiary/aromatic N) is 5. The Morgan fingerprint density at radius 1 is 1.00 bits per heavy atom. The van der Waals surface area contributed by atoms with Crippen LogP contribution in [0.25, 0.3) is 5.65 Å². The molecule has 0 bridgehead atoms. The Hall–Kier alpha value is -2.20. The molecule has 1 aromatic carbocycles. The summed E-state index contributed by atoms with van der Waals surface area (Å²) in [5, 5.41) is 15.3. The highest BCUT2D eigenvalue weighted by atomic mass is 127. The van der Waals surface area contributed by atoms with E-state index in [4.69, 9.17) is 0 Å². The molecule has 8 heteroatoms. The molecule has 2 aromatic heterocycles. The van der Waals surface area contributed by atoms with Crippen LogP contribution in [0.4, 0.5) is 0 Å². The Morgan fingerprint density at radius 2 is 1.72 bits per heavy atom. The molecule has 0 amide bonds. The van der Waals surface area contributed by atoms with Crippen molar-refractivity contribution in [2.45, 2.75) is 57.8 Å². The summed E-state index contributed by atoms with van der Waals surface area (Å²) in [6.45, 7) is 2.27. The van der Waals surface area contributed by atoms with Crippen LogP contribution in [0.1, 0.15) is 49.1 Å². The van der Waals surface area contributed by atoms with E-state index < -0.39 is 0 Å². The van der Waals surface area contributed by atoms with Gasteiger partial charge in [-0.15, -0.1) is 34.2 Å². The molecule has 0 atom stereocenters. The van der Waals surface area contributed by atoms with Crippen LogP contribution in [0.3, 0.4) is 0 Å². The molecule has 3 aromatic rings. The van der Waals surface area contributed by atoms with Crippen molar-refractivity contribution in [1.29, 1.82) is 0 Å². The van der Waals surface area contributed by atoms with Gasteiger partial charge in [0, 0.05) is 32.4 Å². The monoisotopic (exact) mass is 547 g/mol. The molecular formula is C24H34IN7. The van der Waals surface area contributed by atoms with Crippen molar-refractivity contribution >= 4 is 35.6 Å². The van der Waals surface area contributed by atoms with E-state index in [0.717, 1.165) is 30.5 Å². The lowest BCUT2D eigenvalue weighted by atomic mass is 9.94. The minimum absolute atomic E-state index is 0.